The number of aryl methyl sites for hydroxylation is 1. The van der Waals surface area contributed by atoms with Crippen molar-refractivity contribution in [3.8, 4) is 17.6 Å². The Morgan fingerprint density at radius 3 is 3.13 bits per heavy atom. The van der Waals surface area contributed by atoms with Crippen LogP contribution in [0.1, 0.15) is 24.6 Å². The largest absolute Gasteiger partial charge is 0.496 e. The van der Waals surface area contributed by atoms with Crippen molar-refractivity contribution in [2.45, 2.75) is 26.2 Å². The van der Waals surface area contributed by atoms with Crippen molar-refractivity contribution < 1.29 is 4.74 Å². The summed E-state index contributed by atoms with van der Waals surface area (Å²) in [6, 6.07) is 1.93. The molecule has 15 heavy (non-hydrogen) atoms. The lowest BCUT2D eigenvalue weighted by molar-refractivity contribution is 0.400. The number of ether oxygens (including phenoxy) is 1. The molecule has 0 aromatic carbocycles. The molecule has 1 heterocycles. The van der Waals surface area contributed by atoms with Crippen LogP contribution in [0, 0.1) is 17.8 Å². The molecule has 1 aliphatic rings. The minimum absolute atomic E-state index is 0.473. The molecule has 0 saturated heterocycles. The van der Waals surface area contributed by atoms with Gasteiger partial charge in [-0.1, -0.05) is 5.92 Å². The van der Waals surface area contributed by atoms with Crippen LogP contribution >= 0.6 is 0 Å². The number of hydrogen-bond acceptors (Lipinski definition) is 2. The third kappa shape index (κ3) is 1.97. The SMILES string of the molecule is CC#CC1CCc2nccc(OC)c2C1. The van der Waals surface area contributed by atoms with E-state index in [-0.39, 0.29) is 0 Å². The lowest BCUT2D eigenvalue weighted by Crippen LogP contribution is -2.15. The molecule has 2 heteroatoms. The first-order valence-electron chi connectivity index (χ1n) is 5.28. The fourth-order valence-corrected chi connectivity index (χ4v) is 2.13. The van der Waals surface area contributed by atoms with Crippen LogP contribution in [0.15, 0.2) is 12.3 Å². The number of nitrogens with zero attached hydrogens (tertiary/aromatic N) is 1. The van der Waals surface area contributed by atoms with Crippen LogP contribution in [0.4, 0.5) is 0 Å². The molecule has 0 bridgehead atoms. The van der Waals surface area contributed by atoms with Gasteiger partial charge in [0.05, 0.1) is 7.11 Å². The summed E-state index contributed by atoms with van der Waals surface area (Å²) in [6.45, 7) is 1.90. The van der Waals surface area contributed by atoms with E-state index in [1.807, 2.05) is 19.2 Å². The summed E-state index contributed by atoms with van der Waals surface area (Å²) in [6.07, 6.45) is 4.94. The zero-order chi connectivity index (χ0) is 10.7. The van der Waals surface area contributed by atoms with Gasteiger partial charge >= 0.3 is 0 Å². The molecule has 0 aliphatic heterocycles. The van der Waals surface area contributed by atoms with E-state index in [1.165, 1.54) is 11.3 Å². The van der Waals surface area contributed by atoms with E-state index >= 15 is 0 Å². The first kappa shape index (κ1) is 10.0. The molecule has 78 valence electrons. The summed E-state index contributed by atoms with van der Waals surface area (Å²) < 4.78 is 5.35. The van der Waals surface area contributed by atoms with Crippen molar-refractivity contribution in [2.75, 3.05) is 7.11 Å². The van der Waals surface area contributed by atoms with Gasteiger partial charge in [0.25, 0.3) is 0 Å². The molecular formula is C13H15NO. The number of pyridine rings is 1. The number of rotatable bonds is 1. The van der Waals surface area contributed by atoms with Crippen LogP contribution in [0.25, 0.3) is 0 Å². The van der Waals surface area contributed by atoms with E-state index in [0.29, 0.717) is 5.92 Å². The summed E-state index contributed by atoms with van der Waals surface area (Å²) in [7, 11) is 1.71. The third-order valence-corrected chi connectivity index (χ3v) is 2.85. The van der Waals surface area contributed by atoms with Gasteiger partial charge in [0.2, 0.25) is 0 Å². The molecule has 0 saturated carbocycles. The Bertz CT molecular complexity index is 400. The van der Waals surface area contributed by atoms with Gasteiger partial charge in [-0.2, -0.15) is 0 Å². The summed E-state index contributed by atoms with van der Waals surface area (Å²) >= 11 is 0. The maximum Gasteiger partial charge on any atom is 0.125 e. The van der Waals surface area contributed by atoms with Gasteiger partial charge < -0.3 is 4.74 Å². The van der Waals surface area contributed by atoms with Gasteiger partial charge in [0.1, 0.15) is 5.75 Å². The van der Waals surface area contributed by atoms with E-state index in [1.54, 1.807) is 7.11 Å². The zero-order valence-electron chi connectivity index (χ0n) is 9.21. The Morgan fingerprint density at radius 2 is 2.40 bits per heavy atom. The predicted octanol–water partition coefficient (Wildman–Crippen LogP) is 2.22. The van der Waals surface area contributed by atoms with Crippen molar-refractivity contribution in [2.24, 2.45) is 5.92 Å². The van der Waals surface area contributed by atoms with Crippen molar-refractivity contribution >= 4 is 0 Å². The average Bonchev–Trinajstić information content (AvgIpc) is 2.28. The Labute approximate surface area is 90.7 Å². The number of methoxy groups -OCH3 is 1. The third-order valence-electron chi connectivity index (χ3n) is 2.85. The quantitative estimate of drug-likeness (QED) is 0.650. The minimum Gasteiger partial charge on any atom is -0.496 e. The second-order valence-corrected chi connectivity index (χ2v) is 3.77. The summed E-state index contributed by atoms with van der Waals surface area (Å²) in [5.41, 5.74) is 2.43. The van der Waals surface area contributed by atoms with Crippen molar-refractivity contribution in [1.29, 1.82) is 0 Å². The lowest BCUT2D eigenvalue weighted by Gasteiger charge is -2.21. The smallest absolute Gasteiger partial charge is 0.125 e. The Hall–Kier alpha value is -1.49. The second-order valence-electron chi connectivity index (χ2n) is 3.77. The van der Waals surface area contributed by atoms with Crippen LogP contribution in [0.3, 0.4) is 0 Å². The lowest BCUT2D eigenvalue weighted by atomic mass is 9.86. The van der Waals surface area contributed by atoms with E-state index in [2.05, 4.69) is 16.8 Å². The second kappa shape index (κ2) is 4.35. The molecule has 1 aliphatic carbocycles. The molecular weight excluding hydrogens is 186 g/mol. The molecule has 1 aromatic heterocycles. The standard InChI is InChI=1S/C13H15NO/c1-3-4-10-5-6-12-11(9-10)13(15-2)7-8-14-12/h7-8,10H,5-6,9H2,1-2H3. The van der Waals surface area contributed by atoms with Crippen molar-refractivity contribution in [3.63, 3.8) is 0 Å². The van der Waals surface area contributed by atoms with Crippen LogP contribution < -0.4 is 4.74 Å². The first-order valence-corrected chi connectivity index (χ1v) is 5.28. The number of hydrogen-bond donors (Lipinski definition) is 0. The van der Waals surface area contributed by atoms with E-state index in [4.69, 9.17) is 4.74 Å². The highest BCUT2D eigenvalue weighted by molar-refractivity contribution is 5.38. The Balaban J connectivity index is 2.32. The fraction of sp³-hybridized carbons (Fsp3) is 0.462. The molecule has 2 rings (SSSR count). The van der Waals surface area contributed by atoms with Gasteiger partial charge in [-0.15, -0.1) is 5.92 Å². The Morgan fingerprint density at radius 1 is 1.53 bits per heavy atom. The summed E-state index contributed by atoms with van der Waals surface area (Å²) in [4.78, 5) is 4.39. The number of aromatic nitrogens is 1. The predicted molar refractivity (Wildman–Crippen MR) is 59.8 cm³/mol. The summed E-state index contributed by atoms with van der Waals surface area (Å²) in [5, 5.41) is 0. The van der Waals surface area contributed by atoms with Gasteiger partial charge in [0.15, 0.2) is 0 Å². The van der Waals surface area contributed by atoms with Crippen molar-refractivity contribution in [1.82, 2.24) is 4.98 Å². The highest BCUT2D eigenvalue weighted by Crippen LogP contribution is 2.30. The first-order chi connectivity index (χ1) is 7.35. The zero-order valence-corrected chi connectivity index (χ0v) is 9.21. The molecule has 0 radical (unpaired) electrons. The van der Waals surface area contributed by atoms with E-state index in [9.17, 15) is 0 Å². The minimum atomic E-state index is 0.473. The van der Waals surface area contributed by atoms with Gasteiger partial charge in [-0.05, 0) is 32.3 Å². The highest BCUT2D eigenvalue weighted by atomic mass is 16.5. The van der Waals surface area contributed by atoms with Crippen LogP contribution in [0.2, 0.25) is 0 Å². The van der Waals surface area contributed by atoms with Gasteiger partial charge in [-0.25, -0.2) is 0 Å². The maximum absolute atomic E-state index is 5.35. The average molecular weight is 201 g/mol. The summed E-state index contributed by atoms with van der Waals surface area (Å²) in [5.74, 6) is 7.67. The van der Waals surface area contributed by atoms with Crippen molar-refractivity contribution in [3.05, 3.63) is 23.5 Å². The van der Waals surface area contributed by atoms with E-state index in [0.717, 1.165) is 25.0 Å². The molecule has 0 amide bonds. The van der Waals surface area contributed by atoms with Gasteiger partial charge in [-0.3, -0.25) is 4.98 Å². The molecule has 0 N–H and O–H groups in total. The van der Waals surface area contributed by atoms with Crippen LogP contribution in [0.5, 0.6) is 5.75 Å². The van der Waals surface area contributed by atoms with Crippen LogP contribution in [-0.4, -0.2) is 12.1 Å². The molecule has 1 atom stereocenters. The fourth-order valence-electron chi connectivity index (χ4n) is 2.13. The topological polar surface area (TPSA) is 22.1 Å². The molecule has 2 nitrogen and oxygen atoms in total. The monoisotopic (exact) mass is 201 g/mol. The Kier molecular flexibility index (Phi) is 2.91. The molecule has 1 aromatic rings. The van der Waals surface area contributed by atoms with E-state index < -0.39 is 0 Å². The number of fused-ring (bicyclic) bond motifs is 1. The molecule has 0 fully saturated rings. The molecule has 1 unspecified atom stereocenters. The maximum atomic E-state index is 5.35. The van der Waals surface area contributed by atoms with Crippen LogP contribution in [-0.2, 0) is 12.8 Å². The normalized spacial score (nSPS) is 18.7. The molecule has 0 spiro atoms. The van der Waals surface area contributed by atoms with Gasteiger partial charge in [0, 0.05) is 23.4 Å². The highest BCUT2D eigenvalue weighted by Gasteiger charge is 2.20.